The maximum atomic E-state index is 12.1. The Bertz CT molecular complexity index is 668. The molecule has 1 aromatic carbocycles. The van der Waals surface area contributed by atoms with E-state index in [1.807, 2.05) is 37.3 Å². The van der Waals surface area contributed by atoms with E-state index < -0.39 is 42.1 Å². The second-order valence-corrected chi connectivity index (χ2v) is 8.20. The van der Waals surface area contributed by atoms with Gasteiger partial charge in [-0.1, -0.05) is 37.3 Å². The van der Waals surface area contributed by atoms with E-state index in [2.05, 4.69) is 0 Å². The molecule has 0 saturated carbocycles. The van der Waals surface area contributed by atoms with E-state index in [1.54, 1.807) is 0 Å². The molecule has 7 nitrogen and oxygen atoms in total. The van der Waals surface area contributed by atoms with E-state index in [4.69, 9.17) is 18.9 Å². The molecule has 2 saturated heterocycles. The number of rotatable bonds is 7. The molecule has 1 aromatic rings. The first-order valence-corrected chi connectivity index (χ1v) is 10.5. The lowest BCUT2D eigenvalue weighted by Gasteiger charge is -2.47. The third-order valence-corrected chi connectivity index (χ3v) is 5.70. The molecule has 0 spiro atoms. The second-order valence-electron chi connectivity index (χ2n) is 6.82. The van der Waals surface area contributed by atoms with Crippen LogP contribution in [0.4, 0.5) is 0 Å². The van der Waals surface area contributed by atoms with Crippen molar-refractivity contribution in [3.05, 3.63) is 35.9 Å². The Labute approximate surface area is 168 Å². The molecular weight excluding hydrogens is 384 g/mol. The minimum Gasteiger partial charge on any atom is -0.456 e. The zero-order chi connectivity index (χ0) is 20.1. The van der Waals surface area contributed by atoms with Gasteiger partial charge < -0.3 is 28.8 Å². The van der Waals surface area contributed by atoms with Crippen molar-refractivity contribution in [3.8, 4) is 0 Å². The molecule has 2 aliphatic rings. The highest BCUT2D eigenvalue weighted by Gasteiger charge is 2.51. The maximum absolute atomic E-state index is 12.1. The highest BCUT2D eigenvalue weighted by Crippen LogP contribution is 2.37. The Kier molecular flexibility index (Phi) is 7.48. The van der Waals surface area contributed by atoms with Crippen molar-refractivity contribution >= 4 is 23.5 Å². The highest BCUT2D eigenvalue weighted by molar-refractivity contribution is 7.99. The second kappa shape index (κ2) is 9.84. The average molecular weight is 410 g/mol. The van der Waals surface area contributed by atoms with E-state index in [1.165, 1.54) is 18.7 Å². The fourth-order valence-corrected chi connectivity index (χ4v) is 4.21. The van der Waals surface area contributed by atoms with Crippen LogP contribution in [0.1, 0.15) is 38.5 Å². The minimum absolute atomic E-state index is 0.0211. The third-order valence-electron chi connectivity index (χ3n) is 4.66. The highest BCUT2D eigenvalue weighted by atomic mass is 32.2. The molecule has 1 N–H and O–H groups in total. The standard InChI is InChI=1S/C20H26O7S/c1-3-28-20-18(26-15(22)10-9-12(2)21)16(23)17-14(25-20)11-24-19(27-17)13-7-5-4-6-8-13/h4-8,14,16-20,23H,3,9-11H2,1-2H3/t14-,16+,17-,18-,19?,20+/m1/s1. The van der Waals surface area contributed by atoms with Gasteiger partial charge in [0.2, 0.25) is 0 Å². The zero-order valence-electron chi connectivity index (χ0n) is 16.0. The number of ketones is 1. The molecule has 8 heteroatoms. The van der Waals surface area contributed by atoms with Crippen molar-refractivity contribution in [1.82, 2.24) is 0 Å². The minimum atomic E-state index is -1.06. The van der Waals surface area contributed by atoms with E-state index in [-0.39, 0.29) is 25.2 Å². The number of aliphatic hydroxyl groups is 1. The number of aliphatic hydroxyl groups excluding tert-OH is 1. The summed E-state index contributed by atoms with van der Waals surface area (Å²) in [6, 6.07) is 9.44. The van der Waals surface area contributed by atoms with Crippen molar-refractivity contribution in [3.63, 3.8) is 0 Å². The van der Waals surface area contributed by atoms with Crippen LogP contribution >= 0.6 is 11.8 Å². The molecule has 0 radical (unpaired) electrons. The first-order valence-electron chi connectivity index (χ1n) is 9.45. The molecule has 6 atom stereocenters. The number of esters is 1. The van der Waals surface area contributed by atoms with Crippen LogP contribution in [0.5, 0.6) is 0 Å². The summed E-state index contributed by atoms with van der Waals surface area (Å²) in [5, 5.41) is 10.9. The number of fused-ring (bicyclic) bond motifs is 1. The first-order chi connectivity index (χ1) is 13.5. The molecule has 2 heterocycles. The number of hydrogen-bond donors (Lipinski definition) is 1. The van der Waals surface area contributed by atoms with E-state index in [0.717, 1.165) is 11.3 Å². The van der Waals surface area contributed by atoms with Gasteiger partial charge >= 0.3 is 5.97 Å². The van der Waals surface area contributed by atoms with Gasteiger partial charge in [-0.25, -0.2) is 0 Å². The van der Waals surface area contributed by atoms with Gasteiger partial charge in [0.1, 0.15) is 29.5 Å². The number of thioether (sulfide) groups is 1. The van der Waals surface area contributed by atoms with Crippen molar-refractivity contribution in [2.24, 2.45) is 0 Å². The van der Waals surface area contributed by atoms with Crippen LogP contribution in [0.2, 0.25) is 0 Å². The van der Waals surface area contributed by atoms with Gasteiger partial charge in [-0.3, -0.25) is 4.79 Å². The molecule has 0 bridgehead atoms. The van der Waals surface area contributed by atoms with Crippen LogP contribution < -0.4 is 0 Å². The molecule has 3 rings (SSSR count). The molecule has 0 amide bonds. The molecule has 0 aromatic heterocycles. The number of ether oxygens (including phenoxy) is 4. The largest absolute Gasteiger partial charge is 0.456 e. The molecule has 28 heavy (non-hydrogen) atoms. The van der Waals surface area contributed by atoms with E-state index in [9.17, 15) is 14.7 Å². The Morgan fingerprint density at radius 3 is 2.64 bits per heavy atom. The molecule has 1 unspecified atom stereocenters. The Hall–Kier alpha value is -1.45. The maximum Gasteiger partial charge on any atom is 0.306 e. The zero-order valence-corrected chi connectivity index (χ0v) is 16.8. The summed E-state index contributed by atoms with van der Waals surface area (Å²) in [4.78, 5) is 23.3. The summed E-state index contributed by atoms with van der Waals surface area (Å²) in [5.74, 6) is 0.107. The van der Waals surface area contributed by atoms with Gasteiger partial charge in [0, 0.05) is 12.0 Å². The number of hydrogen-bond acceptors (Lipinski definition) is 8. The average Bonchev–Trinajstić information content (AvgIpc) is 2.70. The summed E-state index contributed by atoms with van der Waals surface area (Å²) in [5.41, 5.74) is 0.316. The molecule has 0 aliphatic carbocycles. The van der Waals surface area contributed by atoms with Crippen LogP contribution in [0.25, 0.3) is 0 Å². The van der Waals surface area contributed by atoms with Crippen LogP contribution in [0.3, 0.4) is 0 Å². The quantitative estimate of drug-likeness (QED) is 0.685. The van der Waals surface area contributed by atoms with E-state index in [0.29, 0.717) is 0 Å². The fourth-order valence-electron chi connectivity index (χ4n) is 3.26. The van der Waals surface area contributed by atoms with Gasteiger partial charge in [0.05, 0.1) is 13.0 Å². The Morgan fingerprint density at radius 1 is 1.21 bits per heavy atom. The predicted molar refractivity (Wildman–Crippen MR) is 103 cm³/mol. The normalized spacial score (nSPS) is 32.4. The van der Waals surface area contributed by atoms with Crippen molar-refractivity contribution in [1.29, 1.82) is 0 Å². The number of Topliss-reactive ketones (excluding diaryl/α,β-unsaturated/α-hetero) is 1. The summed E-state index contributed by atoms with van der Waals surface area (Å²) < 4.78 is 23.3. The summed E-state index contributed by atoms with van der Waals surface area (Å²) in [7, 11) is 0. The Balaban J connectivity index is 1.70. The van der Waals surface area contributed by atoms with Gasteiger partial charge in [-0.05, 0) is 12.7 Å². The number of carbonyl (C=O) groups is 2. The lowest BCUT2D eigenvalue weighted by molar-refractivity contribution is -0.319. The SMILES string of the molecule is CCS[C@@H]1O[C@@H]2COC(c3ccccc3)O[C@H]2[C@H](O)[C@H]1OC(=O)CCC(C)=O. The molecule has 2 aliphatic heterocycles. The van der Waals surface area contributed by atoms with Crippen molar-refractivity contribution < 1.29 is 33.6 Å². The molecule has 2 fully saturated rings. The molecular formula is C20H26O7S. The van der Waals surface area contributed by atoms with Crippen LogP contribution in [-0.4, -0.2) is 59.1 Å². The lowest BCUT2D eigenvalue weighted by Crippen LogP contribution is -2.62. The fraction of sp³-hybridized carbons (Fsp3) is 0.600. The number of carbonyl (C=O) groups excluding carboxylic acids is 2. The lowest BCUT2D eigenvalue weighted by atomic mass is 9.98. The van der Waals surface area contributed by atoms with Crippen LogP contribution in [0, 0.1) is 0 Å². The van der Waals surface area contributed by atoms with Crippen LogP contribution in [-0.2, 0) is 28.5 Å². The Morgan fingerprint density at radius 2 is 1.96 bits per heavy atom. The van der Waals surface area contributed by atoms with Gasteiger partial charge in [0.15, 0.2) is 12.4 Å². The topological polar surface area (TPSA) is 91.3 Å². The summed E-state index contributed by atoms with van der Waals surface area (Å²) in [6.07, 6.45) is -3.60. The van der Waals surface area contributed by atoms with Crippen molar-refractivity contribution in [2.45, 2.75) is 62.8 Å². The van der Waals surface area contributed by atoms with E-state index >= 15 is 0 Å². The van der Waals surface area contributed by atoms with Gasteiger partial charge in [-0.2, -0.15) is 0 Å². The van der Waals surface area contributed by atoms with Gasteiger partial charge in [-0.15, -0.1) is 11.8 Å². The first kappa shape index (κ1) is 21.3. The number of benzene rings is 1. The predicted octanol–water partition coefficient (Wildman–Crippen LogP) is 2.22. The summed E-state index contributed by atoms with van der Waals surface area (Å²) >= 11 is 1.45. The van der Waals surface area contributed by atoms with Crippen LogP contribution in [0.15, 0.2) is 30.3 Å². The third kappa shape index (κ3) is 5.12. The monoisotopic (exact) mass is 410 g/mol. The van der Waals surface area contributed by atoms with Crippen molar-refractivity contribution in [2.75, 3.05) is 12.4 Å². The van der Waals surface area contributed by atoms with Gasteiger partial charge in [0.25, 0.3) is 0 Å². The smallest absolute Gasteiger partial charge is 0.306 e. The summed E-state index contributed by atoms with van der Waals surface area (Å²) in [6.45, 7) is 3.65. The molecule has 154 valence electrons.